The van der Waals surface area contributed by atoms with E-state index in [0.717, 1.165) is 0 Å². The highest BCUT2D eigenvalue weighted by Gasteiger charge is 2.37. The summed E-state index contributed by atoms with van der Waals surface area (Å²) in [6, 6.07) is 2.62. The molecule has 298 valence electrons. The lowest BCUT2D eigenvalue weighted by atomic mass is 9.80. The normalized spacial score (nSPS) is 13.8. The van der Waals surface area contributed by atoms with E-state index in [4.69, 9.17) is 33.2 Å². The SMILES string of the molecule is COCCOCCOCCOCCNC(=O)CCNc1c2c3c4c(c(OC)c(=O)c5c(O)cc(OC)c(c6c(OC)cc(O)c(c1=O)c63)c54)C(C(C)=O)C(C)=C2. The van der Waals surface area contributed by atoms with Crippen molar-refractivity contribution in [2.75, 3.05) is 93.1 Å². The first kappa shape index (κ1) is 40.2. The number of allylic oxidation sites excluding steroid dienone is 1. The second-order valence-corrected chi connectivity index (χ2v) is 13.4. The summed E-state index contributed by atoms with van der Waals surface area (Å²) in [5.41, 5.74) is 0.0195. The van der Waals surface area contributed by atoms with Gasteiger partial charge in [0.1, 0.15) is 28.8 Å². The number of carbonyl (C=O) groups is 2. The Balaban J connectivity index is 1.39. The molecule has 6 rings (SSSR count). The molecule has 0 aliphatic heterocycles. The molecule has 0 saturated heterocycles. The molecular weight excluding hydrogens is 728 g/mol. The van der Waals surface area contributed by atoms with E-state index < -0.39 is 16.8 Å². The molecule has 5 aromatic rings. The van der Waals surface area contributed by atoms with Gasteiger partial charge in [-0.15, -0.1) is 0 Å². The smallest absolute Gasteiger partial charge is 0.232 e. The highest BCUT2D eigenvalue weighted by Crippen LogP contribution is 2.55. The maximum Gasteiger partial charge on any atom is 0.232 e. The van der Waals surface area contributed by atoms with Crippen molar-refractivity contribution in [3.63, 3.8) is 0 Å². The Morgan fingerprint density at radius 3 is 1.79 bits per heavy atom. The molecule has 0 bridgehead atoms. The number of amides is 1. The predicted molar refractivity (Wildman–Crippen MR) is 212 cm³/mol. The van der Waals surface area contributed by atoms with Crippen LogP contribution in [0.3, 0.4) is 0 Å². The number of anilines is 1. The number of benzene rings is 5. The zero-order chi connectivity index (χ0) is 40.3. The van der Waals surface area contributed by atoms with E-state index >= 15 is 0 Å². The van der Waals surface area contributed by atoms with Gasteiger partial charge in [-0.05, 0) is 19.2 Å². The van der Waals surface area contributed by atoms with Crippen LogP contribution in [0.4, 0.5) is 5.69 Å². The summed E-state index contributed by atoms with van der Waals surface area (Å²) < 4.78 is 38.5. The van der Waals surface area contributed by atoms with Gasteiger partial charge < -0.3 is 54.0 Å². The summed E-state index contributed by atoms with van der Waals surface area (Å²) >= 11 is 0. The standard InChI is InChI=1S/C41H46N2O13/c1-20-17-22-29-34-30(39(48)38(22)43-8-7-27(47)42-9-10-54-13-14-56-16-15-55-12-11-50-3)23(45)18-25(51-4)32(34)33-26(52-5)19-24(46)31-36(33)35(29)37(28(20)21(2)44)41(53-6)40(31)49/h17-19,28,43,45-46H,7-16H2,1-6H3,(H,42,47). The van der Waals surface area contributed by atoms with Crippen molar-refractivity contribution < 1.29 is 53.0 Å². The summed E-state index contributed by atoms with van der Waals surface area (Å²) in [5, 5.41) is 30.8. The molecule has 4 N–H and O–H groups in total. The number of hydrogen-bond donors (Lipinski definition) is 4. The molecule has 1 aliphatic rings. The fraction of sp³-hybridized carbons (Fsp3) is 0.415. The first-order chi connectivity index (χ1) is 27.0. The molecule has 0 heterocycles. The highest BCUT2D eigenvalue weighted by atomic mass is 16.6. The quantitative estimate of drug-likeness (QED) is 0.0502. The lowest BCUT2D eigenvalue weighted by molar-refractivity contribution is -0.121. The van der Waals surface area contributed by atoms with Crippen LogP contribution in [0.25, 0.3) is 49.2 Å². The third-order valence-electron chi connectivity index (χ3n) is 10.0. The second-order valence-electron chi connectivity index (χ2n) is 13.4. The number of Topliss-reactive ketones (excluding diaryl/α,β-unsaturated/α-hetero) is 1. The van der Waals surface area contributed by atoms with Crippen molar-refractivity contribution in [2.24, 2.45) is 0 Å². The van der Waals surface area contributed by atoms with Crippen molar-refractivity contribution >= 4 is 66.5 Å². The second kappa shape index (κ2) is 17.1. The van der Waals surface area contributed by atoms with Crippen LogP contribution < -0.4 is 35.7 Å². The van der Waals surface area contributed by atoms with E-state index in [1.165, 1.54) is 40.4 Å². The van der Waals surface area contributed by atoms with E-state index in [1.54, 1.807) is 20.1 Å². The Bertz CT molecular complexity index is 2450. The Morgan fingerprint density at radius 1 is 0.679 bits per heavy atom. The number of ether oxygens (including phenoxy) is 7. The van der Waals surface area contributed by atoms with Gasteiger partial charge in [0.25, 0.3) is 0 Å². The van der Waals surface area contributed by atoms with Gasteiger partial charge in [0.05, 0.1) is 90.0 Å². The zero-order valence-electron chi connectivity index (χ0n) is 32.3. The number of nitrogens with one attached hydrogen (secondary N) is 2. The van der Waals surface area contributed by atoms with E-state index in [9.17, 15) is 29.4 Å². The van der Waals surface area contributed by atoms with Crippen molar-refractivity contribution in [3.05, 3.63) is 49.3 Å². The molecule has 0 fully saturated rings. The minimum absolute atomic E-state index is 0.0147. The fourth-order valence-corrected chi connectivity index (χ4v) is 7.77. The minimum Gasteiger partial charge on any atom is -0.507 e. The van der Waals surface area contributed by atoms with Crippen molar-refractivity contribution in [3.8, 4) is 28.7 Å². The van der Waals surface area contributed by atoms with Crippen LogP contribution in [0.5, 0.6) is 28.7 Å². The molecule has 15 heteroatoms. The average molecular weight is 775 g/mol. The maximum absolute atomic E-state index is 14.6. The van der Waals surface area contributed by atoms with Crippen molar-refractivity contribution in [1.82, 2.24) is 5.32 Å². The Labute approximate surface area is 321 Å². The number of carbonyl (C=O) groups excluding carboxylic acids is 2. The van der Waals surface area contributed by atoms with Crippen LogP contribution >= 0.6 is 0 Å². The Morgan fingerprint density at radius 2 is 1.23 bits per heavy atom. The Hall–Kier alpha value is -5.48. The molecule has 0 aromatic heterocycles. The average Bonchev–Trinajstić information content (AvgIpc) is 3.30. The molecule has 1 unspecified atom stereocenters. The van der Waals surface area contributed by atoms with E-state index in [0.29, 0.717) is 77.7 Å². The number of phenols is 2. The maximum atomic E-state index is 14.6. The van der Waals surface area contributed by atoms with Gasteiger partial charge >= 0.3 is 0 Å². The Kier molecular flexibility index (Phi) is 12.3. The molecule has 1 amide bonds. The lowest BCUT2D eigenvalue weighted by Gasteiger charge is -2.24. The number of phenolic OH excluding ortho intramolecular Hbond substituents is 2. The lowest BCUT2D eigenvalue weighted by Crippen LogP contribution is -2.29. The van der Waals surface area contributed by atoms with Gasteiger partial charge in [-0.25, -0.2) is 0 Å². The van der Waals surface area contributed by atoms with Gasteiger partial charge in [-0.2, -0.15) is 0 Å². The molecule has 5 aromatic carbocycles. The molecule has 0 saturated carbocycles. The zero-order valence-corrected chi connectivity index (χ0v) is 32.3. The fourth-order valence-electron chi connectivity index (χ4n) is 7.77. The van der Waals surface area contributed by atoms with Crippen molar-refractivity contribution in [2.45, 2.75) is 26.2 Å². The van der Waals surface area contributed by atoms with Crippen LogP contribution in [0, 0.1) is 0 Å². The summed E-state index contributed by atoms with van der Waals surface area (Å²) in [7, 11) is 5.74. The number of hydrogen-bond acceptors (Lipinski definition) is 14. The molecule has 1 atom stereocenters. The first-order valence-electron chi connectivity index (χ1n) is 18.2. The highest BCUT2D eigenvalue weighted by molar-refractivity contribution is 6.39. The van der Waals surface area contributed by atoms with Crippen LogP contribution in [0.15, 0.2) is 27.3 Å². The number of fused-ring (bicyclic) bond motifs is 1. The summed E-state index contributed by atoms with van der Waals surface area (Å²) in [6.07, 6.45) is 1.69. The topological polar surface area (TPSA) is 197 Å². The molecule has 0 spiro atoms. The van der Waals surface area contributed by atoms with Gasteiger partial charge in [-0.3, -0.25) is 19.2 Å². The number of ketones is 1. The summed E-state index contributed by atoms with van der Waals surface area (Å²) in [6.45, 7) is 6.33. The van der Waals surface area contributed by atoms with E-state index in [-0.39, 0.29) is 94.0 Å². The largest absolute Gasteiger partial charge is 0.507 e. The summed E-state index contributed by atoms with van der Waals surface area (Å²) in [5.74, 6) is -2.09. The van der Waals surface area contributed by atoms with E-state index in [2.05, 4.69) is 10.6 Å². The van der Waals surface area contributed by atoms with E-state index in [1.807, 2.05) is 0 Å². The molecule has 0 radical (unpaired) electrons. The van der Waals surface area contributed by atoms with Gasteiger partial charge in [0.2, 0.25) is 16.8 Å². The number of methoxy groups -OCH3 is 4. The van der Waals surface area contributed by atoms with Gasteiger partial charge in [0, 0.05) is 76.8 Å². The molecular formula is C41H46N2O13. The molecule has 1 aliphatic carbocycles. The third kappa shape index (κ3) is 7.07. The third-order valence-corrected chi connectivity index (χ3v) is 10.0. The van der Waals surface area contributed by atoms with Crippen LogP contribution in [0.2, 0.25) is 0 Å². The van der Waals surface area contributed by atoms with Crippen LogP contribution in [-0.4, -0.2) is 110 Å². The predicted octanol–water partition coefficient (Wildman–Crippen LogP) is 4.04. The first-order valence-corrected chi connectivity index (χ1v) is 18.2. The summed E-state index contributed by atoms with van der Waals surface area (Å²) in [4.78, 5) is 55.3. The number of rotatable bonds is 20. The van der Waals surface area contributed by atoms with Gasteiger partial charge in [-0.1, -0.05) is 11.6 Å². The minimum atomic E-state index is -0.982. The number of aromatic hydroxyl groups is 2. The van der Waals surface area contributed by atoms with Crippen LogP contribution in [-0.2, 0) is 28.5 Å². The van der Waals surface area contributed by atoms with Gasteiger partial charge in [0.15, 0.2) is 5.75 Å². The van der Waals surface area contributed by atoms with Crippen molar-refractivity contribution in [1.29, 1.82) is 0 Å². The monoisotopic (exact) mass is 774 g/mol. The van der Waals surface area contributed by atoms with Crippen LogP contribution in [0.1, 0.15) is 37.3 Å². The molecule has 15 nitrogen and oxygen atoms in total. The molecule has 56 heavy (non-hydrogen) atoms.